The van der Waals surface area contributed by atoms with Crippen LogP contribution in [-0.4, -0.2) is 5.78 Å². The molecule has 0 aromatic carbocycles. The minimum atomic E-state index is 0.281. The first kappa shape index (κ1) is 7.08. The summed E-state index contributed by atoms with van der Waals surface area (Å²) in [5.41, 5.74) is 1.28. The zero-order valence-electron chi connectivity index (χ0n) is 7.13. The number of fused-ring (bicyclic) bond motifs is 1. The first-order valence-corrected chi connectivity index (χ1v) is 4.37. The lowest BCUT2D eigenvalue weighted by Gasteiger charge is -2.04. The molecule has 0 amide bonds. The van der Waals surface area contributed by atoms with Crippen LogP contribution in [0, 0.1) is 17.8 Å². The quantitative estimate of drug-likeness (QED) is 0.523. The Hall–Kier alpha value is -0.590. The predicted molar refractivity (Wildman–Crippen MR) is 44.1 cm³/mol. The van der Waals surface area contributed by atoms with Gasteiger partial charge in [0.2, 0.25) is 0 Å². The van der Waals surface area contributed by atoms with Crippen LogP contribution in [0.15, 0.2) is 11.6 Å². The molecule has 1 heteroatoms. The highest BCUT2D eigenvalue weighted by molar-refractivity contribution is 5.90. The molecule has 2 rings (SSSR count). The maximum atomic E-state index is 11.4. The van der Waals surface area contributed by atoms with Crippen molar-refractivity contribution in [3.8, 4) is 0 Å². The van der Waals surface area contributed by atoms with Crippen LogP contribution in [0.2, 0.25) is 0 Å². The molecule has 0 saturated heterocycles. The van der Waals surface area contributed by atoms with Crippen LogP contribution in [0.4, 0.5) is 0 Å². The molecule has 0 unspecified atom stereocenters. The molecule has 0 bridgehead atoms. The SMILES string of the molecule is CC(C)=C[C@@H]1C[C@H]2C[C@H]2C1=O. The molecule has 0 aromatic rings. The molecular formula is C10H14O. The number of carbonyl (C=O) groups is 1. The average Bonchev–Trinajstić information content (AvgIpc) is 2.58. The minimum Gasteiger partial charge on any atom is -0.299 e. The zero-order chi connectivity index (χ0) is 8.01. The lowest BCUT2D eigenvalue weighted by Crippen LogP contribution is -2.08. The molecule has 0 radical (unpaired) electrons. The smallest absolute Gasteiger partial charge is 0.143 e. The number of hydrogen-bond acceptors (Lipinski definition) is 1. The fourth-order valence-corrected chi connectivity index (χ4v) is 2.13. The molecule has 2 aliphatic rings. The van der Waals surface area contributed by atoms with Gasteiger partial charge in [0.05, 0.1) is 0 Å². The summed E-state index contributed by atoms with van der Waals surface area (Å²) in [7, 11) is 0. The Bertz CT molecular complexity index is 223. The van der Waals surface area contributed by atoms with Crippen molar-refractivity contribution < 1.29 is 4.79 Å². The van der Waals surface area contributed by atoms with Crippen molar-refractivity contribution in [2.24, 2.45) is 17.8 Å². The van der Waals surface area contributed by atoms with Gasteiger partial charge < -0.3 is 0 Å². The first-order chi connectivity index (χ1) is 5.18. The molecule has 0 aliphatic heterocycles. The Morgan fingerprint density at radius 3 is 2.64 bits per heavy atom. The summed E-state index contributed by atoms with van der Waals surface area (Å²) in [6, 6.07) is 0. The van der Waals surface area contributed by atoms with Gasteiger partial charge in [-0.3, -0.25) is 4.79 Å². The third kappa shape index (κ3) is 1.13. The maximum absolute atomic E-state index is 11.4. The van der Waals surface area contributed by atoms with E-state index in [1.807, 2.05) is 0 Å². The third-order valence-corrected chi connectivity index (χ3v) is 2.74. The van der Waals surface area contributed by atoms with Gasteiger partial charge in [0, 0.05) is 11.8 Å². The highest BCUT2D eigenvalue weighted by Gasteiger charge is 2.51. The Morgan fingerprint density at radius 1 is 1.45 bits per heavy atom. The average molecular weight is 150 g/mol. The first-order valence-electron chi connectivity index (χ1n) is 4.37. The predicted octanol–water partition coefficient (Wildman–Crippen LogP) is 2.18. The summed E-state index contributed by atoms with van der Waals surface area (Å²) in [4.78, 5) is 11.4. The van der Waals surface area contributed by atoms with E-state index >= 15 is 0 Å². The van der Waals surface area contributed by atoms with Gasteiger partial charge in [-0.15, -0.1) is 0 Å². The highest BCUT2D eigenvalue weighted by Crippen LogP contribution is 2.52. The van der Waals surface area contributed by atoms with E-state index in [-0.39, 0.29) is 5.92 Å². The van der Waals surface area contributed by atoms with E-state index in [1.165, 1.54) is 12.0 Å². The van der Waals surface area contributed by atoms with Gasteiger partial charge in [0.15, 0.2) is 0 Å². The molecule has 3 atom stereocenters. The number of rotatable bonds is 1. The molecule has 0 N–H and O–H groups in total. The van der Waals surface area contributed by atoms with Gasteiger partial charge in [-0.25, -0.2) is 0 Å². The molecule has 1 nitrogen and oxygen atoms in total. The second-order valence-corrected chi connectivity index (χ2v) is 4.09. The van der Waals surface area contributed by atoms with Crippen LogP contribution in [0.5, 0.6) is 0 Å². The number of allylic oxidation sites excluding steroid dienone is 2. The third-order valence-electron chi connectivity index (χ3n) is 2.74. The highest BCUT2D eigenvalue weighted by atomic mass is 16.1. The standard InChI is InChI=1S/C10H14O/c1-6(2)3-8-4-7-5-9(7)10(8)11/h3,7-9H,4-5H2,1-2H3/t7-,8+,9+/m0/s1. The van der Waals surface area contributed by atoms with Crippen LogP contribution in [0.3, 0.4) is 0 Å². The number of Topliss-reactive ketones (excluding diaryl/α,β-unsaturated/α-hetero) is 1. The minimum absolute atomic E-state index is 0.281. The van der Waals surface area contributed by atoms with Crippen LogP contribution >= 0.6 is 0 Å². The molecule has 0 aromatic heterocycles. The molecular weight excluding hydrogens is 136 g/mol. The molecule has 0 heterocycles. The summed E-state index contributed by atoms with van der Waals surface area (Å²) in [6.45, 7) is 4.13. The second-order valence-electron chi connectivity index (χ2n) is 4.09. The van der Waals surface area contributed by atoms with Gasteiger partial charge in [-0.2, -0.15) is 0 Å². The van der Waals surface area contributed by atoms with E-state index in [1.54, 1.807) is 0 Å². The van der Waals surface area contributed by atoms with Gasteiger partial charge in [0.25, 0.3) is 0 Å². The van der Waals surface area contributed by atoms with Crippen LogP contribution in [-0.2, 0) is 4.79 Å². The molecule has 2 fully saturated rings. The molecule has 60 valence electrons. The molecule has 2 saturated carbocycles. The van der Waals surface area contributed by atoms with Crippen molar-refractivity contribution in [1.82, 2.24) is 0 Å². The Balaban J connectivity index is 2.07. The van der Waals surface area contributed by atoms with E-state index in [0.717, 1.165) is 12.3 Å². The van der Waals surface area contributed by atoms with E-state index in [4.69, 9.17) is 0 Å². The number of carbonyl (C=O) groups excluding carboxylic acids is 1. The van der Waals surface area contributed by atoms with Crippen molar-refractivity contribution >= 4 is 5.78 Å². The zero-order valence-corrected chi connectivity index (χ0v) is 7.13. The van der Waals surface area contributed by atoms with Crippen molar-refractivity contribution in [2.45, 2.75) is 26.7 Å². The van der Waals surface area contributed by atoms with Crippen LogP contribution in [0.25, 0.3) is 0 Å². The second kappa shape index (κ2) is 2.20. The van der Waals surface area contributed by atoms with Crippen LogP contribution < -0.4 is 0 Å². The van der Waals surface area contributed by atoms with E-state index in [0.29, 0.717) is 11.7 Å². The summed E-state index contributed by atoms with van der Waals surface area (Å²) in [5.74, 6) is 2.03. The van der Waals surface area contributed by atoms with E-state index in [2.05, 4.69) is 19.9 Å². The van der Waals surface area contributed by atoms with Gasteiger partial charge in [-0.05, 0) is 32.6 Å². The summed E-state index contributed by atoms with van der Waals surface area (Å²) < 4.78 is 0. The molecule has 0 spiro atoms. The lowest BCUT2D eigenvalue weighted by atomic mass is 10.00. The Kier molecular flexibility index (Phi) is 1.41. The summed E-state index contributed by atoms with van der Waals surface area (Å²) >= 11 is 0. The van der Waals surface area contributed by atoms with Gasteiger partial charge >= 0.3 is 0 Å². The largest absolute Gasteiger partial charge is 0.299 e. The van der Waals surface area contributed by atoms with Crippen molar-refractivity contribution in [2.75, 3.05) is 0 Å². The van der Waals surface area contributed by atoms with Crippen molar-refractivity contribution in [1.29, 1.82) is 0 Å². The fourth-order valence-electron chi connectivity index (χ4n) is 2.13. The topological polar surface area (TPSA) is 17.1 Å². The summed E-state index contributed by atoms with van der Waals surface area (Å²) in [6.07, 6.45) is 4.45. The molecule has 2 aliphatic carbocycles. The Labute approximate surface area is 67.5 Å². The van der Waals surface area contributed by atoms with Crippen LogP contribution in [0.1, 0.15) is 26.7 Å². The number of hydrogen-bond donors (Lipinski definition) is 0. The molecule has 11 heavy (non-hydrogen) atoms. The lowest BCUT2D eigenvalue weighted by molar-refractivity contribution is -0.121. The van der Waals surface area contributed by atoms with E-state index < -0.39 is 0 Å². The normalized spacial score (nSPS) is 40.2. The van der Waals surface area contributed by atoms with Gasteiger partial charge in [0.1, 0.15) is 5.78 Å². The maximum Gasteiger partial charge on any atom is 0.143 e. The van der Waals surface area contributed by atoms with E-state index in [9.17, 15) is 4.79 Å². The fraction of sp³-hybridized carbons (Fsp3) is 0.700. The van der Waals surface area contributed by atoms with Crippen molar-refractivity contribution in [3.05, 3.63) is 11.6 Å². The summed E-state index contributed by atoms with van der Waals surface area (Å²) in [5, 5.41) is 0. The van der Waals surface area contributed by atoms with Gasteiger partial charge in [-0.1, -0.05) is 11.6 Å². The number of ketones is 1. The van der Waals surface area contributed by atoms with Crippen molar-refractivity contribution in [3.63, 3.8) is 0 Å². The monoisotopic (exact) mass is 150 g/mol. The Morgan fingerprint density at radius 2 is 2.18 bits per heavy atom.